The maximum Gasteiger partial charge on any atom is 0.307 e. The van der Waals surface area contributed by atoms with Gasteiger partial charge in [-0.2, -0.15) is 4.98 Å². The summed E-state index contributed by atoms with van der Waals surface area (Å²) in [5.41, 5.74) is 2.82. The number of β-amino-alcohol motifs (C(OH)–C–C–N with tert-alkyl or cyclic N) is 1. The molecular formula is C28H32ClN3O5. The van der Waals surface area contributed by atoms with Crippen molar-refractivity contribution in [3.8, 4) is 11.4 Å². The van der Waals surface area contributed by atoms with Gasteiger partial charge in [0.1, 0.15) is 6.61 Å². The number of rotatable bonds is 10. The Morgan fingerprint density at radius 2 is 1.92 bits per heavy atom. The van der Waals surface area contributed by atoms with Gasteiger partial charge in [0, 0.05) is 29.1 Å². The summed E-state index contributed by atoms with van der Waals surface area (Å²) in [5, 5.41) is 24.8. The van der Waals surface area contributed by atoms with Gasteiger partial charge in [0.05, 0.1) is 18.6 Å². The fourth-order valence-electron chi connectivity index (χ4n) is 5.32. The zero-order chi connectivity index (χ0) is 25.8. The fourth-order valence-corrected chi connectivity index (χ4v) is 5.44. The second kappa shape index (κ2) is 11.3. The number of aliphatic hydroxyl groups excluding tert-OH is 1. The average Bonchev–Trinajstić information content (AvgIpc) is 3.35. The molecule has 0 radical (unpaired) electrons. The molecule has 3 aromatic rings. The van der Waals surface area contributed by atoms with Gasteiger partial charge in [0.2, 0.25) is 5.82 Å². The second-order valence-corrected chi connectivity index (χ2v) is 10.7. The van der Waals surface area contributed by atoms with Crippen LogP contribution in [0.2, 0.25) is 5.02 Å². The van der Waals surface area contributed by atoms with Gasteiger partial charge in [-0.05, 0) is 55.5 Å². The number of aromatic nitrogens is 2. The van der Waals surface area contributed by atoms with Gasteiger partial charge in [0.15, 0.2) is 0 Å². The predicted octanol–water partition coefficient (Wildman–Crippen LogP) is 4.86. The maximum absolute atomic E-state index is 11.3. The van der Waals surface area contributed by atoms with E-state index in [9.17, 15) is 15.0 Å². The lowest BCUT2D eigenvalue weighted by Crippen LogP contribution is -2.40. The summed E-state index contributed by atoms with van der Waals surface area (Å²) in [6.45, 7) is 2.51. The molecule has 37 heavy (non-hydrogen) atoms. The van der Waals surface area contributed by atoms with Crippen LogP contribution in [0.25, 0.3) is 11.4 Å². The number of carbonyl (C=O) groups is 1. The van der Waals surface area contributed by atoms with Crippen LogP contribution in [-0.2, 0) is 21.6 Å². The van der Waals surface area contributed by atoms with Gasteiger partial charge in [0.25, 0.3) is 5.89 Å². The van der Waals surface area contributed by atoms with Gasteiger partial charge in [-0.3, -0.25) is 9.69 Å². The van der Waals surface area contributed by atoms with Gasteiger partial charge in [-0.25, -0.2) is 0 Å². The first kappa shape index (κ1) is 25.9. The molecule has 5 rings (SSSR count). The molecule has 0 amide bonds. The van der Waals surface area contributed by atoms with Crippen LogP contribution in [0, 0.1) is 5.92 Å². The smallest absolute Gasteiger partial charge is 0.307 e. The van der Waals surface area contributed by atoms with Crippen molar-refractivity contribution in [1.82, 2.24) is 15.0 Å². The van der Waals surface area contributed by atoms with Crippen LogP contribution in [-0.4, -0.2) is 57.5 Å². The number of ether oxygens (including phenoxy) is 1. The number of halogens is 1. The first-order valence-electron chi connectivity index (χ1n) is 12.8. The van der Waals surface area contributed by atoms with E-state index in [4.69, 9.17) is 20.9 Å². The molecule has 1 unspecified atom stereocenters. The minimum Gasteiger partial charge on any atom is -0.481 e. The first-order chi connectivity index (χ1) is 17.9. The van der Waals surface area contributed by atoms with Crippen molar-refractivity contribution in [3.05, 3.63) is 70.6 Å². The SMILES string of the molecule is O=C(O)[C@H]1CCCN(CC(O)c2ccc(-c3noc(COCC4(c5ccc(Cl)cc5)CCC4)n3)cc2)C1. The minimum absolute atomic E-state index is 0.0207. The summed E-state index contributed by atoms with van der Waals surface area (Å²) < 4.78 is 11.4. The predicted molar refractivity (Wildman–Crippen MR) is 138 cm³/mol. The third-order valence-electron chi connectivity index (χ3n) is 7.68. The lowest BCUT2D eigenvalue weighted by Gasteiger charge is -2.42. The number of hydrogen-bond acceptors (Lipinski definition) is 7. The topological polar surface area (TPSA) is 109 Å². The lowest BCUT2D eigenvalue weighted by atomic mass is 9.65. The zero-order valence-electron chi connectivity index (χ0n) is 20.7. The quantitative estimate of drug-likeness (QED) is 0.386. The fraction of sp³-hybridized carbons (Fsp3) is 0.464. The van der Waals surface area contributed by atoms with E-state index in [1.54, 1.807) is 0 Å². The molecule has 2 aliphatic rings. The van der Waals surface area contributed by atoms with Gasteiger partial charge >= 0.3 is 5.97 Å². The van der Waals surface area contributed by atoms with E-state index in [2.05, 4.69) is 22.3 Å². The third-order valence-corrected chi connectivity index (χ3v) is 7.93. The monoisotopic (exact) mass is 525 g/mol. The first-order valence-corrected chi connectivity index (χ1v) is 13.2. The van der Waals surface area contributed by atoms with Gasteiger partial charge < -0.3 is 19.5 Å². The van der Waals surface area contributed by atoms with Crippen LogP contribution in [0.4, 0.5) is 0 Å². The van der Waals surface area contributed by atoms with Crippen LogP contribution in [0.1, 0.15) is 55.2 Å². The van der Waals surface area contributed by atoms with Crippen LogP contribution in [0.15, 0.2) is 53.1 Å². The maximum atomic E-state index is 11.3. The number of nitrogens with zero attached hydrogens (tertiary/aromatic N) is 3. The highest BCUT2D eigenvalue weighted by Gasteiger charge is 2.39. The van der Waals surface area contributed by atoms with Crippen molar-refractivity contribution in [1.29, 1.82) is 0 Å². The molecule has 0 spiro atoms. The van der Waals surface area contributed by atoms with E-state index in [1.807, 2.05) is 41.3 Å². The normalized spacial score (nSPS) is 20.3. The van der Waals surface area contributed by atoms with Crippen molar-refractivity contribution in [2.24, 2.45) is 5.92 Å². The highest BCUT2D eigenvalue weighted by molar-refractivity contribution is 6.30. The highest BCUT2D eigenvalue weighted by Crippen LogP contribution is 2.44. The number of hydrogen-bond donors (Lipinski definition) is 2. The molecule has 2 atom stereocenters. The van der Waals surface area contributed by atoms with Crippen molar-refractivity contribution in [3.63, 3.8) is 0 Å². The van der Waals surface area contributed by atoms with Crippen LogP contribution >= 0.6 is 11.6 Å². The minimum atomic E-state index is -0.766. The Bertz CT molecular complexity index is 1190. The Kier molecular flexibility index (Phi) is 7.90. The molecule has 8 nitrogen and oxygen atoms in total. The third kappa shape index (κ3) is 6.04. The van der Waals surface area contributed by atoms with E-state index >= 15 is 0 Å². The number of likely N-dealkylation sites (tertiary alicyclic amines) is 1. The van der Waals surface area contributed by atoms with Crippen LogP contribution in [0.3, 0.4) is 0 Å². The van der Waals surface area contributed by atoms with Gasteiger partial charge in [-0.1, -0.05) is 59.6 Å². The van der Waals surface area contributed by atoms with Crippen LogP contribution < -0.4 is 0 Å². The Morgan fingerprint density at radius 1 is 1.16 bits per heavy atom. The summed E-state index contributed by atoms with van der Waals surface area (Å²) in [6, 6.07) is 15.4. The number of carboxylic acids is 1. The van der Waals surface area contributed by atoms with Crippen molar-refractivity contribution < 1.29 is 24.3 Å². The summed E-state index contributed by atoms with van der Waals surface area (Å²) in [6.07, 6.45) is 4.17. The van der Waals surface area contributed by atoms with Crippen LogP contribution in [0.5, 0.6) is 0 Å². The molecule has 2 N–H and O–H groups in total. The molecule has 2 heterocycles. The Hall–Kier alpha value is -2.78. The number of carboxylic acid groups (broad SMARTS) is 1. The number of aliphatic hydroxyl groups is 1. The van der Waals surface area contributed by atoms with Crippen molar-refractivity contribution in [2.45, 2.75) is 50.2 Å². The van der Waals surface area contributed by atoms with E-state index in [1.165, 1.54) is 12.0 Å². The Morgan fingerprint density at radius 3 is 2.59 bits per heavy atom. The largest absolute Gasteiger partial charge is 0.481 e. The average molecular weight is 526 g/mol. The summed E-state index contributed by atoms with van der Waals surface area (Å²) >= 11 is 6.05. The Balaban J connectivity index is 1.14. The zero-order valence-corrected chi connectivity index (χ0v) is 21.4. The molecule has 9 heteroatoms. The summed E-state index contributed by atoms with van der Waals surface area (Å²) in [4.78, 5) is 17.8. The Labute approximate surface area is 221 Å². The molecule has 1 saturated heterocycles. The molecule has 1 aromatic heterocycles. The van der Waals surface area contributed by atoms with Gasteiger partial charge in [-0.15, -0.1) is 0 Å². The van der Waals surface area contributed by atoms with E-state index in [0.29, 0.717) is 37.8 Å². The van der Waals surface area contributed by atoms with E-state index in [0.717, 1.165) is 42.0 Å². The number of aliphatic carboxylic acids is 1. The molecule has 1 saturated carbocycles. The van der Waals surface area contributed by atoms with E-state index in [-0.39, 0.29) is 17.9 Å². The molecular weight excluding hydrogens is 494 g/mol. The molecule has 196 valence electrons. The molecule has 1 aliphatic carbocycles. The second-order valence-electron chi connectivity index (χ2n) is 10.2. The molecule has 2 fully saturated rings. The highest BCUT2D eigenvalue weighted by atomic mass is 35.5. The summed E-state index contributed by atoms with van der Waals surface area (Å²) in [5.74, 6) is -0.243. The summed E-state index contributed by atoms with van der Waals surface area (Å²) in [7, 11) is 0. The van der Waals surface area contributed by atoms with Crippen molar-refractivity contribution >= 4 is 17.6 Å². The molecule has 0 bridgehead atoms. The lowest BCUT2D eigenvalue weighted by molar-refractivity contribution is -0.143. The number of benzene rings is 2. The molecule has 2 aromatic carbocycles. The van der Waals surface area contributed by atoms with Crippen molar-refractivity contribution in [2.75, 3.05) is 26.2 Å². The standard InChI is InChI=1S/C28H32ClN3O5/c29-23-10-8-22(9-11-23)28(12-2-13-28)18-36-17-25-30-26(31-37-25)20-6-4-19(5-7-20)24(33)16-32-14-1-3-21(15-32)27(34)35/h4-11,21,24,33H,1-3,12-18H2,(H,34,35)/t21-,24?/m0/s1. The number of piperidine rings is 1. The van der Waals surface area contributed by atoms with E-state index < -0.39 is 12.1 Å². The molecule has 1 aliphatic heterocycles.